The van der Waals surface area contributed by atoms with Gasteiger partial charge in [-0.15, -0.1) is 0 Å². The van der Waals surface area contributed by atoms with Crippen LogP contribution in [0.2, 0.25) is 0 Å². The van der Waals surface area contributed by atoms with Crippen molar-refractivity contribution in [3.63, 3.8) is 0 Å². The Morgan fingerprint density at radius 2 is 1.82 bits per heavy atom. The second-order valence-electron chi connectivity index (χ2n) is 4.94. The maximum Gasteiger partial charge on any atom is 0.269 e. The number of anilines is 1. The Morgan fingerprint density at radius 1 is 1.14 bits per heavy atom. The van der Waals surface area contributed by atoms with E-state index in [4.69, 9.17) is 0 Å². The second-order valence-corrected chi connectivity index (χ2v) is 4.94. The Morgan fingerprint density at radius 3 is 2.50 bits per heavy atom. The number of non-ortho nitro benzene ring substituents is 1. The highest BCUT2D eigenvalue weighted by atomic mass is 16.6. The van der Waals surface area contributed by atoms with Crippen LogP contribution in [-0.2, 0) is 4.79 Å². The molecule has 2 aromatic carbocycles. The molecule has 0 unspecified atom stereocenters. The number of carbonyl (C=O) groups excluding carboxylic acids is 1. The summed E-state index contributed by atoms with van der Waals surface area (Å²) in [7, 11) is 1.72. The summed E-state index contributed by atoms with van der Waals surface area (Å²) < 4.78 is 0. The molecule has 110 valence electrons. The van der Waals surface area contributed by atoms with Gasteiger partial charge in [0.1, 0.15) is 6.54 Å². The summed E-state index contributed by atoms with van der Waals surface area (Å²) in [5.41, 5.74) is 3.07. The van der Waals surface area contributed by atoms with Crippen molar-refractivity contribution >= 4 is 23.0 Å². The summed E-state index contributed by atoms with van der Waals surface area (Å²) in [5.74, 6) is -0.0932. The van der Waals surface area contributed by atoms with Crippen molar-refractivity contribution < 1.29 is 9.72 Å². The maximum absolute atomic E-state index is 12.0. The number of amides is 1. The zero-order chi connectivity index (χ0) is 15.7. The number of benzodiazepines with no additional fused rings is 1. The first-order valence-electron chi connectivity index (χ1n) is 6.73. The number of nitro groups is 1. The third kappa shape index (κ3) is 2.35. The number of nitro benzene ring substituents is 1. The molecule has 2 aromatic rings. The summed E-state index contributed by atoms with van der Waals surface area (Å²) in [4.78, 5) is 28.3. The molecule has 0 radical (unpaired) electrons. The zero-order valence-electron chi connectivity index (χ0n) is 11.9. The van der Waals surface area contributed by atoms with Crippen molar-refractivity contribution in [1.29, 1.82) is 0 Å². The van der Waals surface area contributed by atoms with Crippen molar-refractivity contribution in [1.82, 2.24) is 0 Å². The summed E-state index contributed by atoms with van der Waals surface area (Å²) in [6.07, 6.45) is 0. The van der Waals surface area contributed by atoms with E-state index < -0.39 is 4.92 Å². The van der Waals surface area contributed by atoms with Gasteiger partial charge in [0.05, 0.1) is 16.3 Å². The highest BCUT2D eigenvalue weighted by Gasteiger charge is 2.22. The van der Waals surface area contributed by atoms with E-state index in [0.29, 0.717) is 5.71 Å². The molecule has 0 saturated carbocycles. The summed E-state index contributed by atoms with van der Waals surface area (Å²) in [6.45, 7) is 0.0531. The van der Waals surface area contributed by atoms with E-state index >= 15 is 0 Å². The molecule has 1 aliphatic heterocycles. The molecule has 1 heterocycles. The van der Waals surface area contributed by atoms with Gasteiger partial charge in [0.25, 0.3) is 5.69 Å². The van der Waals surface area contributed by atoms with Crippen LogP contribution in [0.4, 0.5) is 11.4 Å². The number of likely N-dealkylation sites (N-methyl/N-ethyl adjacent to an activating group) is 1. The first kappa shape index (κ1) is 13.9. The van der Waals surface area contributed by atoms with E-state index in [1.807, 2.05) is 24.3 Å². The molecule has 0 aliphatic carbocycles. The SMILES string of the molecule is CN1C(=O)CN=C(c2ccc([N+](=O)[O-])cc2)c2ccccc21. The quantitative estimate of drug-likeness (QED) is 0.630. The van der Waals surface area contributed by atoms with Gasteiger partial charge in [-0.3, -0.25) is 19.9 Å². The summed E-state index contributed by atoms with van der Waals surface area (Å²) in [5, 5.41) is 10.8. The Hall–Kier alpha value is -3.02. The van der Waals surface area contributed by atoms with Crippen LogP contribution >= 0.6 is 0 Å². The number of carbonyl (C=O) groups is 1. The molecule has 0 aromatic heterocycles. The van der Waals surface area contributed by atoms with E-state index in [1.54, 1.807) is 24.1 Å². The number of rotatable bonds is 2. The fourth-order valence-electron chi connectivity index (χ4n) is 2.43. The standard InChI is InChI=1S/C16H13N3O3/c1-18-14-5-3-2-4-13(14)16(17-10-15(18)20)11-6-8-12(9-7-11)19(21)22/h2-9H,10H2,1H3. The largest absolute Gasteiger partial charge is 0.313 e. The van der Waals surface area contributed by atoms with Crippen LogP contribution in [0, 0.1) is 10.1 Å². The molecular formula is C16H13N3O3. The van der Waals surface area contributed by atoms with E-state index in [-0.39, 0.29) is 18.1 Å². The lowest BCUT2D eigenvalue weighted by Crippen LogP contribution is -2.27. The lowest BCUT2D eigenvalue weighted by atomic mass is 10.00. The van der Waals surface area contributed by atoms with Gasteiger partial charge in [0.2, 0.25) is 5.91 Å². The number of hydrogen-bond donors (Lipinski definition) is 0. The van der Waals surface area contributed by atoms with Crippen molar-refractivity contribution in [2.24, 2.45) is 4.99 Å². The van der Waals surface area contributed by atoms with Gasteiger partial charge >= 0.3 is 0 Å². The van der Waals surface area contributed by atoms with Crippen molar-refractivity contribution in [3.8, 4) is 0 Å². The summed E-state index contributed by atoms with van der Waals surface area (Å²) >= 11 is 0. The number of hydrogen-bond acceptors (Lipinski definition) is 4. The molecular weight excluding hydrogens is 282 g/mol. The minimum atomic E-state index is -0.441. The normalized spacial score (nSPS) is 14.1. The predicted octanol–water partition coefficient (Wildman–Crippen LogP) is 2.41. The molecule has 6 nitrogen and oxygen atoms in total. The Balaban J connectivity index is 2.11. The second kappa shape index (κ2) is 5.40. The fourth-order valence-corrected chi connectivity index (χ4v) is 2.43. The first-order chi connectivity index (χ1) is 10.6. The highest BCUT2D eigenvalue weighted by molar-refractivity contribution is 6.19. The third-order valence-corrected chi connectivity index (χ3v) is 3.62. The molecule has 0 bridgehead atoms. The monoisotopic (exact) mass is 295 g/mol. The van der Waals surface area contributed by atoms with Gasteiger partial charge in [-0.05, 0) is 18.2 Å². The first-order valence-corrected chi connectivity index (χ1v) is 6.73. The van der Waals surface area contributed by atoms with Crippen LogP contribution < -0.4 is 4.90 Å². The lowest BCUT2D eigenvalue weighted by molar-refractivity contribution is -0.384. The number of aliphatic imine (C=N–C) groups is 1. The molecule has 6 heteroatoms. The van der Waals surface area contributed by atoms with Crippen LogP contribution in [0.5, 0.6) is 0 Å². The number of benzene rings is 2. The van der Waals surface area contributed by atoms with Crippen LogP contribution in [0.25, 0.3) is 0 Å². The molecule has 22 heavy (non-hydrogen) atoms. The molecule has 0 saturated heterocycles. The van der Waals surface area contributed by atoms with Crippen LogP contribution in [0.15, 0.2) is 53.5 Å². The van der Waals surface area contributed by atoms with Crippen molar-refractivity contribution in [2.45, 2.75) is 0 Å². The Bertz CT molecular complexity index is 781. The van der Waals surface area contributed by atoms with Gasteiger partial charge in [-0.1, -0.05) is 18.2 Å². The number of nitrogens with zero attached hydrogens (tertiary/aromatic N) is 3. The molecule has 0 N–H and O–H groups in total. The predicted molar refractivity (Wildman–Crippen MR) is 83.5 cm³/mol. The molecule has 3 rings (SSSR count). The van der Waals surface area contributed by atoms with Crippen LogP contribution in [0.3, 0.4) is 0 Å². The van der Waals surface area contributed by atoms with E-state index in [2.05, 4.69) is 4.99 Å². The molecule has 1 aliphatic rings. The van der Waals surface area contributed by atoms with Gasteiger partial charge < -0.3 is 4.90 Å². The van der Waals surface area contributed by atoms with Gasteiger partial charge in [-0.25, -0.2) is 0 Å². The molecule has 0 atom stereocenters. The minimum absolute atomic E-state index is 0.0273. The average molecular weight is 295 g/mol. The molecule has 0 spiro atoms. The van der Waals surface area contributed by atoms with Gasteiger partial charge in [0, 0.05) is 30.3 Å². The lowest BCUT2D eigenvalue weighted by Gasteiger charge is -2.17. The minimum Gasteiger partial charge on any atom is -0.313 e. The van der Waals surface area contributed by atoms with Crippen LogP contribution in [0.1, 0.15) is 11.1 Å². The smallest absolute Gasteiger partial charge is 0.269 e. The zero-order valence-corrected chi connectivity index (χ0v) is 11.9. The third-order valence-electron chi connectivity index (χ3n) is 3.62. The Labute approximate surface area is 126 Å². The molecule has 1 amide bonds. The van der Waals surface area contributed by atoms with Gasteiger partial charge in [0.15, 0.2) is 0 Å². The maximum atomic E-state index is 12.0. The van der Waals surface area contributed by atoms with Crippen molar-refractivity contribution in [3.05, 3.63) is 69.8 Å². The average Bonchev–Trinajstić information content (AvgIpc) is 2.66. The van der Waals surface area contributed by atoms with E-state index in [1.165, 1.54) is 12.1 Å². The highest BCUT2D eigenvalue weighted by Crippen LogP contribution is 2.26. The van der Waals surface area contributed by atoms with Crippen LogP contribution in [-0.4, -0.2) is 30.1 Å². The van der Waals surface area contributed by atoms with Gasteiger partial charge in [-0.2, -0.15) is 0 Å². The Kier molecular flexibility index (Phi) is 3.42. The fraction of sp³-hybridized carbons (Fsp3) is 0.125. The van der Waals surface area contributed by atoms with E-state index in [0.717, 1.165) is 16.8 Å². The number of fused-ring (bicyclic) bond motifs is 1. The molecule has 0 fully saturated rings. The number of para-hydroxylation sites is 1. The topological polar surface area (TPSA) is 75.8 Å². The van der Waals surface area contributed by atoms with E-state index in [9.17, 15) is 14.9 Å². The summed E-state index contributed by atoms with van der Waals surface area (Å²) in [6, 6.07) is 13.7. The van der Waals surface area contributed by atoms with Crippen molar-refractivity contribution in [2.75, 3.05) is 18.5 Å².